The summed E-state index contributed by atoms with van der Waals surface area (Å²) >= 11 is 5.80. The third-order valence-electron chi connectivity index (χ3n) is 4.24. The van der Waals surface area contributed by atoms with Crippen LogP contribution in [0.25, 0.3) is 0 Å². The van der Waals surface area contributed by atoms with Crippen molar-refractivity contribution in [2.75, 3.05) is 21.3 Å². The molecule has 0 bridgehead atoms. The predicted octanol–water partition coefficient (Wildman–Crippen LogP) is 3.24. The second kappa shape index (κ2) is 7.09. The van der Waals surface area contributed by atoms with Crippen molar-refractivity contribution in [3.05, 3.63) is 53.1 Å². The molecule has 9 heteroatoms. The van der Waals surface area contributed by atoms with Crippen LogP contribution in [0.1, 0.15) is 18.9 Å². The van der Waals surface area contributed by atoms with Gasteiger partial charge in [-0.1, -0.05) is 17.7 Å². The first kappa shape index (κ1) is 19.0. The Morgan fingerprint density at radius 3 is 2.42 bits per heavy atom. The molecule has 26 heavy (non-hydrogen) atoms. The highest BCUT2D eigenvalue weighted by molar-refractivity contribution is 7.93. The standard InChI is InChI=1S/C17H19ClN2O4S2/c1-2-25(21,22)20-11-3-4-13-5-8-15(12-17(13)20)19-26(23,24)16-9-6-14(18)7-10-16/h5-10,12,19H,2-4,11H2,1H3. The van der Waals surface area contributed by atoms with E-state index in [-0.39, 0.29) is 10.6 Å². The first-order valence-corrected chi connectivity index (χ1v) is 11.6. The molecule has 1 heterocycles. The van der Waals surface area contributed by atoms with Gasteiger partial charge >= 0.3 is 0 Å². The Kier molecular flexibility index (Phi) is 5.18. The molecule has 0 amide bonds. The van der Waals surface area contributed by atoms with Gasteiger partial charge in [-0.05, 0) is 61.7 Å². The molecule has 1 aliphatic rings. The van der Waals surface area contributed by atoms with E-state index in [0.717, 1.165) is 18.4 Å². The molecule has 6 nitrogen and oxygen atoms in total. The van der Waals surface area contributed by atoms with Gasteiger partial charge in [-0.15, -0.1) is 0 Å². The number of halogens is 1. The highest BCUT2D eigenvalue weighted by atomic mass is 35.5. The summed E-state index contributed by atoms with van der Waals surface area (Å²) in [6.45, 7) is 1.99. The number of anilines is 2. The van der Waals surface area contributed by atoms with Gasteiger partial charge in [-0.3, -0.25) is 9.03 Å². The summed E-state index contributed by atoms with van der Waals surface area (Å²) in [4.78, 5) is 0.0812. The maximum absolute atomic E-state index is 12.5. The Morgan fingerprint density at radius 1 is 1.08 bits per heavy atom. The fourth-order valence-electron chi connectivity index (χ4n) is 2.88. The minimum Gasteiger partial charge on any atom is -0.280 e. The SMILES string of the molecule is CCS(=O)(=O)N1CCCc2ccc(NS(=O)(=O)c3ccc(Cl)cc3)cc21. The Balaban J connectivity index is 1.96. The Hall–Kier alpha value is -1.77. The summed E-state index contributed by atoms with van der Waals surface area (Å²) in [5, 5.41) is 0.443. The van der Waals surface area contributed by atoms with Gasteiger partial charge in [-0.25, -0.2) is 16.8 Å². The maximum atomic E-state index is 12.5. The van der Waals surface area contributed by atoms with E-state index in [9.17, 15) is 16.8 Å². The summed E-state index contributed by atoms with van der Waals surface area (Å²) in [7, 11) is -7.20. The number of nitrogens with zero attached hydrogens (tertiary/aromatic N) is 1. The number of hydrogen-bond acceptors (Lipinski definition) is 4. The molecule has 2 aromatic rings. The zero-order chi connectivity index (χ0) is 18.9. The summed E-state index contributed by atoms with van der Waals surface area (Å²) in [6.07, 6.45) is 1.50. The predicted molar refractivity (Wildman–Crippen MR) is 104 cm³/mol. The lowest BCUT2D eigenvalue weighted by Crippen LogP contribution is -2.36. The molecule has 1 N–H and O–H groups in total. The second-order valence-electron chi connectivity index (χ2n) is 5.98. The molecule has 0 unspecified atom stereocenters. The van der Waals surface area contributed by atoms with Crippen molar-refractivity contribution < 1.29 is 16.8 Å². The normalized spacial score (nSPS) is 14.8. The molecule has 0 fully saturated rings. The summed E-state index contributed by atoms with van der Waals surface area (Å²) in [5.74, 6) is -0.00678. The van der Waals surface area contributed by atoms with Crippen LogP contribution in [0, 0.1) is 0 Å². The summed E-state index contributed by atoms with van der Waals surface area (Å²) < 4.78 is 53.6. The molecule has 0 spiro atoms. The minimum absolute atomic E-state index is 0.00678. The Bertz CT molecular complexity index is 1020. The van der Waals surface area contributed by atoms with Crippen molar-refractivity contribution in [1.29, 1.82) is 0 Å². The quantitative estimate of drug-likeness (QED) is 0.813. The van der Waals surface area contributed by atoms with Crippen LogP contribution < -0.4 is 9.03 Å². The first-order chi connectivity index (χ1) is 12.2. The fourth-order valence-corrected chi connectivity index (χ4v) is 5.24. The minimum atomic E-state index is -3.79. The van der Waals surface area contributed by atoms with Gasteiger partial charge in [-0.2, -0.15) is 0 Å². The van der Waals surface area contributed by atoms with Gasteiger partial charge < -0.3 is 0 Å². The smallest absolute Gasteiger partial charge is 0.261 e. The van der Waals surface area contributed by atoms with E-state index in [2.05, 4.69) is 4.72 Å². The van der Waals surface area contributed by atoms with E-state index in [0.29, 0.717) is 22.9 Å². The van der Waals surface area contributed by atoms with Crippen molar-refractivity contribution in [1.82, 2.24) is 0 Å². The molecule has 0 aromatic heterocycles. The van der Waals surface area contributed by atoms with E-state index in [4.69, 9.17) is 11.6 Å². The Labute approximate surface area is 158 Å². The molecule has 0 radical (unpaired) electrons. The first-order valence-electron chi connectivity index (χ1n) is 8.15. The number of rotatable bonds is 5. The number of nitrogens with one attached hydrogen (secondary N) is 1. The van der Waals surface area contributed by atoms with Crippen LogP contribution >= 0.6 is 11.6 Å². The number of aryl methyl sites for hydroxylation is 1. The lowest BCUT2D eigenvalue weighted by molar-refractivity contribution is 0.588. The van der Waals surface area contributed by atoms with Crippen LogP contribution in [-0.2, 0) is 26.5 Å². The highest BCUT2D eigenvalue weighted by Gasteiger charge is 2.26. The van der Waals surface area contributed by atoms with Gasteiger partial charge in [0.15, 0.2) is 0 Å². The molecule has 0 atom stereocenters. The van der Waals surface area contributed by atoms with Crippen molar-refractivity contribution in [2.45, 2.75) is 24.7 Å². The molecule has 140 valence electrons. The summed E-state index contributed by atoms with van der Waals surface area (Å²) in [5.41, 5.74) is 1.74. The monoisotopic (exact) mass is 414 g/mol. The van der Waals surface area contributed by atoms with Crippen LogP contribution in [0.3, 0.4) is 0 Å². The number of fused-ring (bicyclic) bond motifs is 1. The fraction of sp³-hybridized carbons (Fsp3) is 0.294. The van der Waals surface area contributed by atoms with Crippen molar-refractivity contribution in [2.24, 2.45) is 0 Å². The Morgan fingerprint density at radius 2 is 1.77 bits per heavy atom. The largest absolute Gasteiger partial charge is 0.280 e. The van der Waals surface area contributed by atoms with E-state index in [1.54, 1.807) is 25.1 Å². The maximum Gasteiger partial charge on any atom is 0.261 e. The van der Waals surface area contributed by atoms with Crippen molar-refractivity contribution in [3.8, 4) is 0 Å². The van der Waals surface area contributed by atoms with Crippen LogP contribution in [-0.4, -0.2) is 29.1 Å². The molecule has 3 rings (SSSR count). The van der Waals surface area contributed by atoms with Crippen LogP contribution in [0.2, 0.25) is 5.02 Å². The average Bonchev–Trinajstić information content (AvgIpc) is 2.61. The van der Waals surface area contributed by atoms with Gasteiger partial charge in [0.25, 0.3) is 10.0 Å². The third-order valence-corrected chi connectivity index (χ3v) is 7.67. The van der Waals surface area contributed by atoms with E-state index in [1.165, 1.54) is 28.6 Å². The van der Waals surface area contributed by atoms with Crippen LogP contribution in [0.4, 0.5) is 11.4 Å². The van der Waals surface area contributed by atoms with Crippen LogP contribution in [0.5, 0.6) is 0 Å². The molecular weight excluding hydrogens is 396 g/mol. The topological polar surface area (TPSA) is 83.6 Å². The molecule has 1 aliphatic heterocycles. The van der Waals surface area contributed by atoms with E-state index < -0.39 is 20.0 Å². The van der Waals surface area contributed by atoms with Crippen molar-refractivity contribution in [3.63, 3.8) is 0 Å². The van der Waals surface area contributed by atoms with Gasteiger partial charge in [0.2, 0.25) is 10.0 Å². The lowest BCUT2D eigenvalue weighted by Gasteiger charge is -2.30. The third kappa shape index (κ3) is 3.82. The summed E-state index contributed by atoms with van der Waals surface area (Å²) in [6, 6.07) is 10.8. The number of hydrogen-bond donors (Lipinski definition) is 1. The average molecular weight is 415 g/mol. The molecule has 0 saturated heterocycles. The van der Waals surface area contributed by atoms with Crippen molar-refractivity contribution >= 4 is 43.0 Å². The van der Waals surface area contributed by atoms with E-state index >= 15 is 0 Å². The lowest BCUT2D eigenvalue weighted by atomic mass is 10.0. The van der Waals surface area contributed by atoms with Gasteiger partial charge in [0.05, 0.1) is 22.0 Å². The molecule has 0 aliphatic carbocycles. The molecular formula is C17H19ClN2O4S2. The molecule has 0 saturated carbocycles. The van der Waals surface area contributed by atoms with Gasteiger partial charge in [0, 0.05) is 11.6 Å². The zero-order valence-corrected chi connectivity index (χ0v) is 16.5. The highest BCUT2D eigenvalue weighted by Crippen LogP contribution is 2.33. The number of benzene rings is 2. The zero-order valence-electron chi connectivity index (χ0n) is 14.1. The second-order valence-corrected chi connectivity index (χ2v) is 10.3. The van der Waals surface area contributed by atoms with Gasteiger partial charge in [0.1, 0.15) is 0 Å². The van der Waals surface area contributed by atoms with E-state index in [1.807, 2.05) is 0 Å². The number of sulfonamides is 2. The molecule has 2 aromatic carbocycles. The van der Waals surface area contributed by atoms with Crippen LogP contribution in [0.15, 0.2) is 47.4 Å².